The highest BCUT2D eigenvalue weighted by atomic mass is 16.8. The number of hydrogen-bond donors (Lipinski definition) is 0. The van der Waals surface area contributed by atoms with Crippen LogP contribution in [0.15, 0.2) is 243 Å². The molecule has 2 aliphatic rings. The van der Waals surface area contributed by atoms with Crippen LogP contribution in [-0.4, -0.2) is 135 Å². The largest absolute Gasteiger partial charge is 0.459 e. The zero-order valence-corrected chi connectivity index (χ0v) is 50.3. The molecule has 0 N–H and O–H groups in total. The molecule has 0 amide bonds. The second-order valence-corrected chi connectivity index (χ2v) is 21.6. The van der Waals surface area contributed by atoms with Crippen LogP contribution >= 0.6 is 0 Å². The zero-order chi connectivity index (χ0) is 65.1. The first-order chi connectivity index (χ1) is 45.3. The Kier molecular flexibility index (Phi) is 22.4. The van der Waals surface area contributed by atoms with Gasteiger partial charge in [0.05, 0.1) is 56.7 Å². The van der Waals surface area contributed by atoms with Crippen molar-refractivity contribution >= 4 is 47.8 Å². The summed E-state index contributed by atoms with van der Waals surface area (Å²) in [5, 5.41) is 0. The highest BCUT2D eigenvalue weighted by molar-refractivity contribution is 5.93. The second-order valence-electron chi connectivity index (χ2n) is 21.6. The molecule has 2 heterocycles. The van der Waals surface area contributed by atoms with E-state index in [0.717, 1.165) is 0 Å². The van der Waals surface area contributed by atoms with Gasteiger partial charge >= 0.3 is 47.8 Å². The first-order valence-corrected chi connectivity index (χ1v) is 29.9. The van der Waals surface area contributed by atoms with Crippen LogP contribution in [0.3, 0.4) is 0 Å². The molecule has 12 atom stereocenters. The quantitative estimate of drug-likeness (QED) is 0.0403. The minimum absolute atomic E-state index is 0.0705. The molecule has 0 aliphatic carbocycles. The third-order valence-electron chi connectivity index (χ3n) is 14.9. The van der Waals surface area contributed by atoms with Crippen LogP contribution in [0.4, 0.5) is 0 Å². The molecule has 0 aromatic heterocycles. The summed E-state index contributed by atoms with van der Waals surface area (Å²) < 4.78 is 75.9. The number of esters is 8. The molecule has 10 rings (SSSR count). The van der Waals surface area contributed by atoms with Gasteiger partial charge < -0.3 is 56.8 Å². The Labute approximate surface area is 535 Å². The number of rotatable bonds is 24. The molecule has 8 aromatic carbocycles. The fraction of sp³-hybridized carbons (Fsp3) is 0.233. The lowest BCUT2D eigenvalue weighted by molar-refractivity contribution is -0.318. The fourth-order valence-electron chi connectivity index (χ4n) is 10.3. The SMILES string of the molecule is C[C@@H](C[C@H](C)O[C@H]1O[C@H](COC(=O)c2ccccc2)[C@@H](OC(=O)c2ccccc2)[C@H](OC(=O)c2ccccc2)[C@@H]1OC(=O)c1ccccc1)O[C@H]1O[C@H](COC(=O)c2ccccc2)[C@@H](OC(=O)c2ccccc2)[C@H](OC(=O)c2ccccc2)[C@@H]1OC(=O)c1ccccc1. The molecule has 2 saturated heterocycles. The first kappa shape index (κ1) is 65.3. The number of carbonyl (C=O) groups excluding carboxylic acids is 8. The molecular weight excluding hydrogens is 1200 g/mol. The Hall–Kier alpha value is -10.6. The lowest BCUT2D eigenvalue weighted by atomic mass is 9.97. The van der Waals surface area contributed by atoms with Crippen molar-refractivity contribution < 1.29 is 95.2 Å². The third-order valence-corrected chi connectivity index (χ3v) is 14.9. The van der Waals surface area contributed by atoms with Crippen LogP contribution < -0.4 is 0 Å². The molecule has 0 unspecified atom stereocenters. The summed E-state index contributed by atoms with van der Waals surface area (Å²) in [5.74, 6) is -7.06. The van der Waals surface area contributed by atoms with E-state index in [0.29, 0.717) is 0 Å². The minimum atomic E-state index is -1.75. The molecule has 2 fully saturated rings. The van der Waals surface area contributed by atoms with E-state index in [9.17, 15) is 38.4 Å². The fourth-order valence-corrected chi connectivity index (χ4v) is 10.3. The molecular formula is C73H64O20. The second kappa shape index (κ2) is 31.9. The molecule has 20 nitrogen and oxygen atoms in total. The van der Waals surface area contributed by atoms with Crippen LogP contribution in [0.2, 0.25) is 0 Å². The van der Waals surface area contributed by atoms with E-state index in [1.165, 1.54) is 97.1 Å². The van der Waals surface area contributed by atoms with Crippen molar-refractivity contribution in [2.75, 3.05) is 13.2 Å². The molecule has 20 heteroatoms. The average molecular weight is 1260 g/mol. The predicted molar refractivity (Wildman–Crippen MR) is 330 cm³/mol. The smallest absolute Gasteiger partial charge is 0.338 e. The van der Waals surface area contributed by atoms with Crippen molar-refractivity contribution in [3.63, 3.8) is 0 Å². The number of hydrogen-bond acceptors (Lipinski definition) is 20. The highest BCUT2D eigenvalue weighted by Gasteiger charge is 2.56. The van der Waals surface area contributed by atoms with E-state index in [1.807, 2.05) is 0 Å². The van der Waals surface area contributed by atoms with Crippen molar-refractivity contribution in [1.29, 1.82) is 0 Å². The first-order valence-electron chi connectivity index (χ1n) is 29.9. The lowest BCUT2D eigenvalue weighted by Gasteiger charge is -2.45. The Morgan fingerprint density at radius 3 is 0.699 bits per heavy atom. The Balaban J connectivity index is 1.000. The summed E-state index contributed by atoms with van der Waals surface area (Å²) in [7, 11) is 0. The normalized spacial score (nSPS) is 21.4. The summed E-state index contributed by atoms with van der Waals surface area (Å²) in [6, 6.07) is 63.4. The van der Waals surface area contributed by atoms with Gasteiger partial charge in [0, 0.05) is 0 Å². The molecule has 0 bridgehead atoms. The Morgan fingerprint density at radius 1 is 0.280 bits per heavy atom. The van der Waals surface area contributed by atoms with Crippen molar-refractivity contribution in [2.45, 2.75) is 93.9 Å². The Bertz CT molecular complexity index is 3530. The summed E-state index contributed by atoms with van der Waals surface area (Å²) in [6.45, 7) is 1.96. The molecule has 2 aliphatic heterocycles. The molecule has 476 valence electrons. The van der Waals surface area contributed by atoms with Crippen LogP contribution in [0.25, 0.3) is 0 Å². The maximum Gasteiger partial charge on any atom is 0.338 e. The number of carbonyl (C=O) groups is 8. The Morgan fingerprint density at radius 2 is 0.473 bits per heavy atom. The van der Waals surface area contributed by atoms with Gasteiger partial charge in [-0.25, -0.2) is 38.4 Å². The van der Waals surface area contributed by atoms with Gasteiger partial charge in [0.15, 0.2) is 49.2 Å². The van der Waals surface area contributed by atoms with Crippen LogP contribution in [0.5, 0.6) is 0 Å². The van der Waals surface area contributed by atoms with E-state index in [1.54, 1.807) is 159 Å². The van der Waals surface area contributed by atoms with Gasteiger partial charge in [0.25, 0.3) is 0 Å². The lowest BCUT2D eigenvalue weighted by Crippen LogP contribution is -2.64. The zero-order valence-electron chi connectivity index (χ0n) is 50.3. The third kappa shape index (κ3) is 17.4. The summed E-state index contributed by atoms with van der Waals surface area (Å²) in [4.78, 5) is 113. The predicted octanol–water partition coefficient (Wildman–Crippen LogP) is 10.7. The molecule has 0 saturated carbocycles. The van der Waals surface area contributed by atoms with Gasteiger partial charge in [-0.15, -0.1) is 0 Å². The van der Waals surface area contributed by atoms with Crippen molar-refractivity contribution in [1.82, 2.24) is 0 Å². The van der Waals surface area contributed by atoms with Gasteiger partial charge in [-0.2, -0.15) is 0 Å². The van der Waals surface area contributed by atoms with Gasteiger partial charge in [-0.3, -0.25) is 0 Å². The molecule has 0 spiro atoms. The van der Waals surface area contributed by atoms with Gasteiger partial charge in [-0.1, -0.05) is 146 Å². The van der Waals surface area contributed by atoms with E-state index in [4.69, 9.17) is 56.8 Å². The van der Waals surface area contributed by atoms with Crippen molar-refractivity contribution in [3.05, 3.63) is 287 Å². The van der Waals surface area contributed by atoms with E-state index < -0.39 is 135 Å². The van der Waals surface area contributed by atoms with E-state index in [2.05, 4.69) is 0 Å². The van der Waals surface area contributed by atoms with E-state index in [-0.39, 0.29) is 50.9 Å². The van der Waals surface area contributed by atoms with Gasteiger partial charge in [0.2, 0.25) is 0 Å². The van der Waals surface area contributed by atoms with Crippen LogP contribution in [0, 0.1) is 0 Å². The molecule has 93 heavy (non-hydrogen) atoms. The molecule has 8 aromatic rings. The summed E-state index contributed by atoms with van der Waals surface area (Å²) in [6.07, 6.45) is -19.0. The summed E-state index contributed by atoms with van der Waals surface area (Å²) in [5.41, 5.74) is 0.813. The topological polar surface area (TPSA) is 247 Å². The van der Waals surface area contributed by atoms with Crippen molar-refractivity contribution in [3.8, 4) is 0 Å². The maximum absolute atomic E-state index is 14.4. The van der Waals surface area contributed by atoms with Crippen LogP contribution in [-0.2, 0) is 56.8 Å². The van der Waals surface area contributed by atoms with Crippen LogP contribution in [0.1, 0.15) is 103 Å². The summed E-state index contributed by atoms with van der Waals surface area (Å²) >= 11 is 0. The maximum atomic E-state index is 14.4. The van der Waals surface area contributed by atoms with Crippen molar-refractivity contribution in [2.24, 2.45) is 0 Å². The number of benzene rings is 8. The van der Waals surface area contributed by atoms with Gasteiger partial charge in [0.1, 0.15) is 25.4 Å². The average Bonchev–Trinajstić information content (AvgIpc) is 0.794. The molecule has 0 radical (unpaired) electrons. The minimum Gasteiger partial charge on any atom is -0.459 e. The number of ether oxygens (including phenoxy) is 12. The standard InChI is InChI=1S/C73H64O20/c1-46(84-72-62(92-70(80)54-39-23-9-24-40-54)60(90-68(78)52-35-19-7-20-36-52)58(88-66(76)50-31-15-5-16-32-50)56(86-72)44-82-64(74)48-27-11-3-12-28-48)43-47(2)85-73-63(93-71(81)55-41-25-10-26-42-55)61(91-69(79)53-37-21-8-22-38-53)59(89-67(77)51-33-17-6-18-34-51)57(87-73)45-83-65(75)49-29-13-4-14-30-49/h3-42,46-47,56-63,72-73H,43-45H2,1-2H3/t46-,47-,56+,57+,58+,59+,60-,61-,62-,63-,72-,73-/m0/s1. The highest BCUT2D eigenvalue weighted by Crippen LogP contribution is 2.36. The monoisotopic (exact) mass is 1260 g/mol. The van der Waals surface area contributed by atoms with Gasteiger partial charge in [-0.05, 0) is 117 Å². The van der Waals surface area contributed by atoms with E-state index >= 15 is 0 Å².